The average molecular weight is 275 g/mol. The van der Waals surface area contributed by atoms with Gasteiger partial charge < -0.3 is 14.5 Å². The first-order valence-electron chi connectivity index (χ1n) is 7.04. The number of imidazole rings is 1. The molecule has 1 aromatic heterocycles. The van der Waals surface area contributed by atoms with E-state index in [-0.39, 0.29) is 0 Å². The van der Waals surface area contributed by atoms with E-state index >= 15 is 0 Å². The number of aromatic nitrogens is 2. The Bertz CT molecular complexity index is 640. The molecule has 0 bridgehead atoms. The van der Waals surface area contributed by atoms with Crippen molar-refractivity contribution in [3.63, 3.8) is 0 Å². The topological polar surface area (TPSA) is 24.0 Å². The van der Waals surface area contributed by atoms with E-state index in [9.17, 15) is 0 Å². The molecule has 0 aliphatic carbocycles. The molecule has 19 heavy (non-hydrogen) atoms. The molecule has 3 nitrogen and oxygen atoms in total. The molecule has 1 N–H and O–H groups in total. The van der Waals surface area contributed by atoms with Crippen molar-refractivity contribution in [2.24, 2.45) is 0 Å². The maximum atomic E-state index is 5.49. The van der Waals surface area contributed by atoms with Crippen molar-refractivity contribution in [2.75, 3.05) is 13.6 Å². The first-order valence-corrected chi connectivity index (χ1v) is 7.45. The van der Waals surface area contributed by atoms with Crippen molar-refractivity contribution in [3.05, 3.63) is 28.5 Å². The van der Waals surface area contributed by atoms with Crippen LogP contribution in [0.2, 0.25) is 0 Å². The predicted molar refractivity (Wildman–Crippen MR) is 82.1 cm³/mol. The third kappa shape index (κ3) is 2.47. The van der Waals surface area contributed by atoms with Crippen LogP contribution >= 0.6 is 12.2 Å². The largest absolute Gasteiger partial charge is 0.331 e. The SMILES string of the molecule is Cc1ccc2c(c1)[nH]c(=S)n2CC1CCCCN1C. The standard InChI is InChI=1S/C15H21N3S/c1-11-6-7-14-13(9-11)16-15(19)18(14)10-12-5-3-4-8-17(12)2/h6-7,9,12H,3-5,8,10H2,1-2H3,(H,16,19). The molecule has 2 heterocycles. The van der Waals surface area contributed by atoms with Crippen LogP contribution in [0.3, 0.4) is 0 Å². The highest BCUT2D eigenvalue weighted by atomic mass is 32.1. The Hall–Kier alpha value is -1.13. The number of piperidine rings is 1. The van der Waals surface area contributed by atoms with Crippen LogP contribution in [0.5, 0.6) is 0 Å². The fourth-order valence-corrected chi connectivity index (χ4v) is 3.33. The third-order valence-electron chi connectivity index (χ3n) is 4.24. The smallest absolute Gasteiger partial charge is 0.178 e. The third-order valence-corrected chi connectivity index (χ3v) is 4.57. The van der Waals surface area contributed by atoms with Crippen LogP contribution in [0.15, 0.2) is 18.2 Å². The molecule has 1 fully saturated rings. The highest BCUT2D eigenvalue weighted by Crippen LogP contribution is 2.21. The minimum atomic E-state index is 0.612. The van der Waals surface area contributed by atoms with Crippen LogP contribution in [0.25, 0.3) is 11.0 Å². The minimum Gasteiger partial charge on any atom is -0.331 e. The lowest BCUT2D eigenvalue weighted by Crippen LogP contribution is -2.39. The zero-order chi connectivity index (χ0) is 13.4. The summed E-state index contributed by atoms with van der Waals surface area (Å²) < 4.78 is 3.11. The number of aromatic amines is 1. The fourth-order valence-electron chi connectivity index (χ4n) is 3.04. The molecule has 0 amide bonds. The van der Waals surface area contributed by atoms with Crippen LogP contribution in [0, 0.1) is 11.7 Å². The van der Waals surface area contributed by atoms with Crippen LogP contribution in [0.1, 0.15) is 24.8 Å². The second-order valence-corrected chi connectivity index (χ2v) is 6.08. The van der Waals surface area contributed by atoms with Gasteiger partial charge in [0.15, 0.2) is 4.77 Å². The molecule has 102 valence electrons. The van der Waals surface area contributed by atoms with Gasteiger partial charge in [-0.05, 0) is 63.3 Å². The molecule has 1 unspecified atom stereocenters. The number of hydrogen-bond donors (Lipinski definition) is 1. The summed E-state index contributed by atoms with van der Waals surface area (Å²) in [4.78, 5) is 5.80. The highest BCUT2D eigenvalue weighted by Gasteiger charge is 2.20. The zero-order valence-corrected chi connectivity index (χ0v) is 12.5. The Morgan fingerprint density at radius 2 is 2.21 bits per heavy atom. The maximum Gasteiger partial charge on any atom is 0.178 e. The van der Waals surface area contributed by atoms with Crippen molar-refractivity contribution >= 4 is 23.3 Å². The van der Waals surface area contributed by atoms with E-state index in [4.69, 9.17) is 12.2 Å². The average Bonchev–Trinajstić information content (AvgIpc) is 2.68. The lowest BCUT2D eigenvalue weighted by atomic mass is 10.0. The first-order chi connectivity index (χ1) is 9.15. The van der Waals surface area contributed by atoms with E-state index in [2.05, 4.69) is 46.6 Å². The van der Waals surface area contributed by atoms with Gasteiger partial charge >= 0.3 is 0 Å². The van der Waals surface area contributed by atoms with E-state index in [1.165, 1.54) is 36.9 Å². The monoisotopic (exact) mass is 275 g/mol. The van der Waals surface area contributed by atoms with Crippen LogP contribution < -0.4 is 0 Å². The van der Waals surface area contributed by atoms with Gasteiger partial charge in [-0.15, -0.1) is 0 Å². The maximum absolute atomic E-state index is 5.49. The quantitative estimate of drug-likeness (QED) is 0.848. The van der Waals surface area contributed by atoms with E-state index in [1.807, 2.05) is 0 Å². The number of likely N-dealkylation sites (tertiary alicyclic amines) is 1. The Balaban J connectivity index is 1.96. The summed E-state index contributed by atoms with van der Waals surface area (Å²) in [6.07, 6.45) is 3.94. The molecule has 2 aromatic rings. The van der Waals surface area contributed by atoms with Gasteiger partial charge in [-0.1, -0.05) is 12.5 Å². The summed E-state index contributed by atoms with van der Waals surface area (Å²) in [7, 11) is 2.23. The Kier molecular flexibility index (Phi) is 3.46. The van der Waals surface area contributed by atoms with Crippen LogP contribution in [0.4, 0.5) is 0 Å². The molecule has 0 saturated carbocycles. The number of rotatable bonds is 2. The zero-order valence-electron chi connectivity index (χ0n) is 11.6. The molecule has 1 atom stereocenters. The Morgan fingerprint density at radius 1 is 1.37 bits per heavy atom. The van der Waals surface area contributed by atoms with Crippen molar-refractivity contribution in [1.82, 2.24) is 14.5 Å². The van der Waals surface area contributed by atoms with Gasteiger partial charge in [-0.3, -0.25) is 0 Å². The number of fused-ring (bicyclic) bond motifs is 1. The molecular weight excluding hydrogens is 254 g/mol. The summed E-state index contributed by atoms with van der Waals surface area (Å²) in [6.45, 7) is 4.32. The molecule has 1 aliphatic rings. The predicted octanol–water partition coefficient (Wildman–Crippen LogP) is 3.49. The van der Waals surface area contributed by atoms with Crippen molar-refractivity contribution < 1.29 is 0 Å². The second-order valence-electron chi connectivity index (χ2n) is 5.69. The number of aryl methyl sites for hydroxylation is 1. The van der Waals surface area contributed by atoms with Crippen LogP contribution in [-0.4, -0.2) is 34.1 Å². The summed E-state index contributed by atoms with van der Waals surface area (Å²) in [5.41, 5.74) is 3.66. The van der Waals surface area contributed by atoms with E-state index < -0.39 is 0 Å². The molecule has 1 aliphatic heterocycles. The van der Waals surface area contributed by atoms with E-state index in [1.54, 1.807) is 0 Å². The second kappa shape index (κ2) is 5.10. The Labute approximate surface area is 119 Å². The molecule has 3 rings (SSSR count). The van der Waals surface area contributed by atoms with Gasteiger partial charge in [0, 0.05) is 12.6 Å². The molecule has 1 aromatic carbocycles. The minimum absolute atomic E-state index is 0.612. The van der Waals surface area contributed by atoms with Crippen molar-refractivity contribution in [3.8, 4) is 0 Å². The Morgan fingerprint density at radius 3 is 3.00 bits per heavy atom. The normalized spacial score (nSPS) is 21.1. The van der Waals surface area contributed by atoms with Crippen LogP contribution in [-0.2, 0) is 6.54 Å². The highest BCUT2D eigenvalue weighted by molar-refractivity contribution is 7.71. The van der Waals surface area contributed by atoms with Crippen molar-refractivity contribution in [1.29, 1.82) is 0 Å². The molecule has 4 heteroatoms. The van der Waals surface area contributed by atoms with Crippen molar-refractivity contribution in [2.45, 2.75) is 38.8 Å². The number of hydrogen-bond acceptors (Lipinski definition) is 2. The molecule has 0 radical (unpaired) electrons. The molecule has 0 spiro atoms. The summed E-state index contributed by atoms with van der Waals surface area (Å²) >= 11 is 5.49. The van der Waals surface area contributed by atoms with Gasteiger partial charge in [0.1, 0.15) is 0 Å². The fraction of sp³-hybridized carbons (Fsp3) is 0.533. The lowest BCUT2D eigenvalue weighted by Gasteiger charge is -2.32. The number of nitrogens with zero attached hydrogens (tertiary/aromatic N) is 2. The first kappa shape index (κ1) is 12.9. The van der Waals surface area contributed by atoms with E-state index in [0.29, 0.717) is 6.04 Å². The lowest BCUT2D eigenvalue weighted by molar-refractivity contribution is 0.168. The molecule has 1 saturated heterocycles. The number of nitrogens with one attached hydrogen (secondary N) is 1. The van der Waals surface area contributed by atoms with E-state index in [0.717, 1.165) is 16.8 Å². The van der Waals surface area contributed by atoms with Gasteiger partial charge in [0.25, 0.3) is 0 Å². The van der Waals surface area contributed by atoms with Gasteiger partial charge in [-0.2, -0.15) is 0 Å². The van der Waals surface area contributed by atoms with Gasteiger partial charge in [0.05, 0.1) is 11.0 Å². The van der Waals surface area contributed by atoms with Gasteiger partial charge in [-0.25, -0.2) is 0 Å². The summed E-state index contributed by atoms with van der Waals surface area (Å²) in [5.74, 6) is 0. The van der Waals surface area contributed by atoms with Gasteiger partial charge in [0.2, 0.25) is 0 Å². The number of benzene rings is 1. The summed E-state index contributed by atoms with van der Waals surface area (Å²) in [6, 6.07) is 7.12. The number of H-pyrrole nitrogens is 1. The number of likely N-dealkylation sites (N-methyl/N-ethyl adjacent to an activating group) is 1. The molecular formula is C15H21N3S. The summed E-state index contributed by atoms with van der Waals surface area (Å²) in [5, 5.41) is 0.